The van der Waals surface area contributed by atoms with Crippen molar-refractivity contribution in [2.45, 2.75) is 43.4 Å². The Kier molecular flexibility index (Phi) is 8.70. The maximum atomic E-state index is 14.9. The fourth-order valence-electron chi connectivity index (χ4n) is 6.61. The Morgan fingerprint density at radius 2 is 1.76 bits per heavy atom. The number of aromatic nitrogens is 2. The van der Waals surface area contributed by atoms with Gasteiger partial charge in [-0.25, -0.2) is 9.78 Å². The summed E-state index contributed by atoms with van der Waals surface area (Å²) in [5, 5.41) is -0.273. The average Bonchev–Trinajstić information content (AvgIpc) is 3.61. The van der Waals surface area contributed by atoms with E-state index in [-0.39, 0.29) is 34.2 Å². The van der Waals surface area contributed by atoms with Crippen molar-refractivity contribution in [1.82, 2.24) is 24.7 Å². The van der Waals surface area contributed by atoms with E-state index in [2.05, 4.69) is 26.8 Å². The van der Waals surface area contributed by atoms with Gasteiger partial charge in [0.05, 0.1) is 31.2 Å². The number of hydrogen-bond donors (Lipinski definition) is 1. The number of H-pyrrole nitrogens is 1. The van der Waals surface area contributed by atoms with Gasteiger partial charge in [0.25, 0.3) is 15.9 Å². The van der Waals surface area contributed by atoms with Crippen molar-refractivity contribution in [3.8, 4) is 11.5 Å². The Labute approximate surface area is 269 Å². The van der Waals surface area contributed by atoms with Crippen LogP contribution in [0.5, 0.6) is 11.5 Å². The number of anilines is 1. The SMILES string of the molecule is CCOc1ccccc1C1(OC(=O)N2CCN(C3CCN(C)CC3)CC2)C(=O)N(S(=O)(=O)c2cnc(C)[nH]2)c2ccc(OC)cc21. The second-order valence-electron chi connectivity index (χ2n) is 11.8. The number of amides is 2. The number of nitrogens with zero attached hydrogens (tertiary/aromatic N) is 5. The lowest BCUT2D eigenvalue weighted by molar-refractivity contribution is -0.132. The van der Waals surface area contributed by atoms with Crippen LogP contribution in [-0.4, -0.2) is 111 Å². The molecule has 1 unspecified atom stereocenters. The van der Waals surface area contributed by atoms with Gasteiger partial charge in [-0.3, -0.25) is 9.69 Å². The van der Waals surface area contributed by atoms with Crippen molar-refractivity contribution in [1.29, 1.82) is 0 Å². The number of fused-ring (bicyclic) bond motifs is 1. The molecule has 1 atom stereocenters. The molecule has 13 nitrogen and oxygen atoms in total. The number of methoxy groups -OCH3 is 1. The summed E-state index contributed by atoms with van der Waals surface area (Å²) < 4.78 is 46.7. The Hall–Kier alpha value is -4.14. The van der Waals surface area contributed by atoms with Crippen LogP contribution in [0.25, 0.3) is 0 Å². The Morgan fingerprint density at radius 1 is 1.04 bits per heavy atom. The second kappa shape index (κ2) is 12.6. The topological polar surface area (TPSA) is 138 Å². The Morgan fingerprint density at radius 3 is 2.41 bits per heavy atom. The molecule has 6 rings (SSSR count). The number of ether oxygens (including phenoxy) is 3. The number of carbonyl (C=O) groups excluding carboxylic acids is 2. The summed E-state index contributed by atoms with van der Waals surface area (Å²) in [6.07, 6.45) is 2.58. The van der Waals surface area contributed by atoms with Crippen molar-refractivity contribution in [3.05, 3.63) is 65.6 Å². The minimum atomic E-state index is -4.52. The van der Waals surface area contributed by atoms with Gasteiger partial charge in [-0.1, -0.05) is 18.2 Å². The van der Waals surface area contributed by atoms with Gasteiger partial charge in [0.1, 0.15) is 17.3 Å². The standard InChI is InChI=1S/C32H40N6O7S/c1-5-44-28-9-7-6-8-25(28)32(45-31(40)37-18-16-36(17-19-37)23-12-14-35(3)15-13-23)26-20-24(43-4)10-11-27(26)38(30(32)39)46(41,42)29-21-33-22(2)34-29/h6-11,20-21,23H,5,12-19H2,1-4H3,(H,33,34). The van der Waals surface area contributed by atoms with Crippen LogP contribution in [0.15, 0.2) is 53.7 Å². The van der Waals surface area contributed by atoms with E-state index in [0.29, 0.717) is 48.1 Å². The highest BCUT2D eigenvalue weighted by atomic mass is 32.2. The fourth-order valence-corrected chi connectivity index (χ4v) is 8.04. The van der Waals surface area contributed by atoms with Gasteiger partial charge in [-0.15, -0.1) is 0 Å². The van der Waals surface area contributed by atoms with E-state index in [4.69, 9.17) is 14.2 Å². The highest BCUT2D eigenvalue weighted by Gasteiger charge is 2.61. The molecule has 14 heteroatoms. The summed E-state index contributed by atoms with van der Waals surface area (Å²) in [7, 11) is -0.926. The quantitative estimate of drug-likeness (QED) is 0.387. The molecular formula is C32H40N6O7S. The molecule has 0 spiro atoms. The van der Waals surface area contributed by atoms with Crippen molar-refractivity contribution in [2.24, 2.45) is 0 Å². The maximum Gasteiger partial charge on any atom is 0.411 e. The molecule has 2 fully saturated rings. The normalized spacial score (nSPS) is 21.3. The molecule has 3 aliphatic rings. The largest absolute Gasteiger partial charge is 0.497 e. The molecule has 3 aromatic rings. The lowest BCUT2D eigenvalue weighted by Gasteiger charge is -2.42. The van der Waals surface area contributed by atoms with Crippen molar-refractivity contribution in [3.63, 3.8) is 0 Å². The van der Waals surface area contributed by atoms with E-state index in [0.717, 1.165) is 32.1 Å². The first-order valence-corrected chi connectivity index (χ1v) is 17.0. The Bertz CT molecular complexity index is 1710. The number of hydrogen-bond acceptors (Lipinski definition) is 10. The lowest BCUT2D eigenvalue weighted by Crippen LogP contribution is -2.55. The highest BCUT2D eigenvalue weighted by Crippen LogP contribution is 2.52. The third-order valence-corrected chi connectivity index (χ3v) is 10.7. The number of aryl methyl sites for hydroxylation is 1. The summed E-state index contributed by atoms with van der Waals surface area (Å²) in [4.78, 5) is 42.1. The van der Waals surface area contributed by atoms with Gasteiger partial charge in [-0.2, -0.15) is 12.7 Å². The third kappa shape index (κ3) is 5.47. The van der Waals surface area contributed by atoms with Crippen LogP contribution < -0.4 is 13.8 Å². The summed E-state index contributed by atoms with van der Waals surface area (Å²) in [5.41, 5.74) is -1.83. The number of para-hydroxylation sites is 1. The third-order valence-electron chi connectivity index (χ3n) is 9.07. The molecule has 46 heavy (non-hydrogen) atoms. The minimum absolute atomic E-state index is 0.0317. The van der Waals surface area contributed by atoms with Gasteiger partial charge in [0, 0.05) is 37.8 Å². The van der Waals surface area contributed by atoms with Gasteiger partial charge in [-0.05, 0) is 71.1 Å². The zero-order chi connectivity index (χ0) is 32.6. The molecule has 0 bridgehead atoms. The van der Waals surface area contributed by atoms with E-state index in [1.807, 2.05) is 0 Å². The van der Waals surface area contributed by atoms with Crippen molar-refractivity contribution in [2.75, 3.05) is 64.3 Å². The molecular weight excluding hydrogens is 612 g/mol. The lowest BCUT2D eigenvalue weighted by atomic mass is 9.86. The average molecular weight is 653 g/mol. The first-order chi connectivity index (χ1) is 22.1. The van der Waals surface area contributed by atoms with Crippen LogP contribution in [0.1, 0.15) is 36.7 Å². The van der Waals surface area contributed by atoms with E-state index in [9.17, 15) is 18.0 Å². The number of carbonyl (C=O) groups is 2. The molecule has 2 saturated heterocycles. The maximum absolute atomic E-state index is 14.9. The van der Waals surface area contributed by atoms with Gasteiger partial charge in [0.2, 0.25) is 5.60 Å². The van der Waals surface area contributed by atoms with Gasteiger partial charge >= 0.3 is 6.09 Å². The van der Waals surface area contributed by atoms with Gasteiger partial charge < -0.3 is 29.0 Å². The minimum Gasteiger partial charge on any atom is -0.497 e. The monoisotopic (exact) mass is 652 g/mol. The number of nitrogens with one attached hydrogen (secondary N) is 1. The first-order valence-electron chi connectivity index (χ1n) is 15.5. The molecule has 246 valence electrons. The van der Waals surface area contributed by atoms with Crippen LogP contribution >= 0.6 is 0 Å². The summed E-state index contributed by atoms with van der Waals surface area (Å²) in [6, 6.07) is 11.7. The molecule has 4 heterocycles. The number of piperazine rings is 1. The molecule has 0 radical (unpaired) electrons. The zero-order valence-electron chi connectivity index (χ0n) is 26.6. The van der Waals surface area contributed by atoms with E-state index >= 15 is 0 Å². The first kappa shape index (κ1) is 31.8. The van der Waals surface area contributed by atoms with Crippen molar-refractivity contribution < 1.29 is 32.2 Å². The number of sulfonamides is 1. The number of rotatable bonds is 8. The van der Waals surface area contributed by atoms with E-state index in [1.165, 1.54) is 19.2 Å². The van der Waals surface area contributed by atoms with Gasteiger partial charge in [0.15, 0.2) is 5.03 Å². The predicted octanol–water partition coefficient (Wildman–Crippen LogP) is 2.95. The highest BCUT2D eigenvalue weighted by molar-refractivity contribution is 7.93. The fraction of sp³-hybridized carbons (Fsp3) is 0.469. The van der Waals surface area contributed by atoms with Crippen molar-refractivity contribution >= 4 is 27.7 Å². The molecule has 3 aliphatic heterocycles. The Balaban J connectivity index is 1.42. The smallest absolute Gasteiger partial charge is 0.411 e. The molecule has 2 aromatic carbocycles. The molecule has 1 N–H and O–H groups in total. The summed E-state index contributed by atoms with van der Waals surface area (Å²) in [6.45, 7) is 7.90. The predicted molar refractivity (Wildman–Crippen MR) is 170 cm³/mol. The van der Waals surface area contributed by atoms with E-state index < -0.39 is 27.6 Å². The summed E-state index contributed by atoms with van der Waals surface area (Å²) in [5.74, 6) is 0.0142. The molecule has 0 saturated carbocycles. The van der Waals surface area contributed by atoms with Crippen LogP contribution in [-0.2, 0) is 25.2 Å². The van der Waals surface area contributed by atoms with Crippen LogP contribution in [0.4, 0.5) is 10.5 Å². The van der Waals surface area contributed by atoms with Crippen LogP contribution in [0.3, 0.4) is 0 Å². The molecule has 0 aliphatic carbocycles. The number of piperidine rings is 1. The molecule has 2 amide bonds. The molecule has 1 aromatic heterocycles. The number of likely N-dealkylation sites (tertiary alicyclic amines) is 1. The number of aromatic amines is 1. The van der Waals surface area contributed by atoms with Crippen LogP contribution in [0.2, 0.25) is 0 Å². The van der Waals surface area contributed by atoms with E-state index in [1.54, 1.807) is 49.1 Å². The second-order valence-corrected chi connectivity index (χ2v) is 13.6. The van der Waals surface area contributed by atoms with Crippen LogP contribution in [0, 0.1) is 6.92 Å². The number of imidazole rings is 1. The number of benzene rings is 2. The zero-order valence-corrected chi connectivity index (χ0v) is 27.4. The summed E-state index contributed by atoms with van der Waals surface area (Å²) >= 11 is 0.